The Kier molecular flexibility index (Phi) is 5.49. The number of ketones is 1. The molecule has 0 aliphatic rings. The number of alkyl halides is 3. The van der Waals surface area contributed by atoms with Crippen molar-refractivity contribution < 1.29 is 18.0 Å². The Morgan fingerprint density at radius 3 is 2.48 bits per heavy atom. The van der Waals surface area contributed by atoms with E-state index in [1.54, 1.807) is 25.1 Å². The molecule has 0 N–H and O–H groups in total. The van der Waals surface area contributed by atoms with Crippen LogP contribution in [-0.2, 0) is 6.18 Å². The number of hydrogen-bond donors (Lipinski definition) is 0. The summed E-state index contributed by atoms with van der Waals surface area (Å²) in [6.45, 7) is 1.90. The van der Waals surface area contributed by atoms with E-state index in [9.17, 15) is 18.0 Å². The highest BCUT2D eigenvalue weighted by Gasteiger charge is 2.31. The Labute approximate surface area is 165 Å². The summed E-state index contributed by atoms with van der Waals surface area (Å²) in [4.78, 5) is 14.7. The van der Waals surface area contributed by atoms with Gasteiger partial charge in [0.2, 0.25) is 0 Å². The number of aromatic nitrogens is 4. The van der Waals surface area contributed by atoms with Crippen molar-refractivity contribution in [2.75, 3.05) is 14.1 Å². The lowest BCUT2D eigenvalue weighted by atomic mass is 10.0. The molecule has 0 aliphatic carbocycles. The Bertz CT molecular complexity index is 1070. The normalized spacial score (nSPS) is 12.1. The van der Waals surface area contributed by atoms with E-state index >= 15 is 0 Å². The van der Waals surface area contributed by atoms with Gasteiger partial charge in [0.25, 0.3) is 0 Å². The second kappa shape index (κ2) is 7.86. The van der Waals surface area contributed by atoms with Crippen LogP contribution in [0.1, 0.15) is 27.3 Å². The third-order valence-electron chi connectivity index (χ3n) is 4.04. The molecule has 0 unspecified atom stereocenters. The molecule has 9 heteroatoms. The number of hydrogen-bond acceptors (Lipinski definition) is 5. The summed E-state index contributed by atoms with van der Waals surface area (Å²) in [5.41, 5.74) is 0.663. The number of allylic oxidation sites excluding steroid dienone is 1. The first-order valence-electron chi connectivity index (χ1n) is 8.63. The van der Waals surface area contributed by atoms with Crippen LogP contribution in [0.15, 0.2) is 54.7 Å². The minimum Gasteiger partial charge on any atom is -0.383 e. The zero-order chi connectivity index (χ0) is 21.2. The maximum atomic E-state index is 13.1. The van der Waals surface area contributed by atoms with E-state index in [-0.39, 0.29) is 17.0 Å². The maximum Gasteiger partial charge on any atom is 0.416 e. The SMILES string of the molecule is Cc1cccc(-n2nnnc2C(=CN(C)C)C(=O)c2cccc(C(F)(F)F)c2)c1. The molecule has 0 fully saturated rings. The lowest BCUT2D eigenvalue weighted by molar-refractivity contribution is -0.137. The van der Waals surface area contributed by atoms with E-state index in [1.807, 2.05) is 25.1 Å². The summed E-state index contributed by atoms with van der Waals surface area (Å²) in [6, 6.07) is 11.6. The van der Waals surface area contributed by atoms with Gasteiger partial charge in [-0.15, -0.1) is 5.10 Å². The molecule has 3 rings (SSSR count). The fraction of sp³-hybridized carbons (Fsp3) is 0.200. The number of rotatable bonds is 5. The summed E-state index contributed by atoms with van der Waals surface area (Å²) in [5, 5.41) is 11.6. The van der Waals surface area contributed by atoms with Gasteiger partial charge in [-0.1, -0.05) is 24.3 Å². The Morgan fingerprint density at radius 2 is 1.83 bits per heavy atom. The van der Waals surface area contributed by atoms with Crippen molar-refractivity contribution in [3.8, 4) is 5.69 Å². The van der Waals surface area contributed by atoms with E-state index in [0.29, 0.717) is 5.69 Å². The Balaban J connectivity index is 2.10. The van der Waals surface area contributed by atoms with Gasteiger partial charge in [-0.3, -0.25) is 4.79 Å². The second-order valence-corrected chi connectivity index (χ2v) is 6.67. The molecular formula is C20H18F3N5O. The molecule has 1 heterocycles. The number of halogens is 3. The van der Waals surface area contributed by atoms with Crippen molar-refractivity contribution in [3.63, 3.8) is 0 Å². The first kappa shape index (κ1) is 20.2. The van der Waals surface area contributed by atoms with Crippen LogP contribution >= 0.6 is 0 Å². The molecule has 0 saturated heterocycles. The number of nitrogens with zero attached hydrogens (tertiary/aromatic N) is 5. The highest BCUT2D eigenvalue weighted by molar-refractivity contribution is 6.28. The van der Waals surface area contributed by atoms with Gasteiger partial charge in [0, 0.05) is 25.9 Å². The lowest BCUT2D eigenvalue weighted by Gasteiger charge is -2.13. The molecule has 0 amide bonds. The van der Waals surface area contributed by atoms with Crippen LogP contribution in [0.25, 0.3) is 11.3 Å². The lowest BCUT2D eigenvalue weighted by Crippen LogP contribution is -2.14. The molecule has 29 heavy (non-hydrogen) atoms. The predicted molar refractivity (Wildman–Crippen MR) is 101 cm³/mol. The summed E-state index contributed by atoms with van der Waals surface area (Å²) in [5.74, 6) is -0.486. The van der Waals surface area contributed by atoms with Gasteiger partial charge in [0.15, 0.2) is 11.6 Å². The zero-order valence-corrected chi connectivity index (χ0v) is 16.0. The van der Waals surface area contributed by atoms with E-state index < -0.39 is 17.5 Å². The van der Waals surface area contributed by atoms with Crippen LogP contribution in [0.2, 0.25) is 0 Å². The standard InChI is InChI=1S/C20H18F3N5O/c1-13-6-4-9-16(10-13)28-19(24-25-26-28)17(12-27(2)3)18(29)14-7-5-8-15(11-14)20(21,22)23/h4-12H,1-3H3. The molecule has 3 aromatic rings. The maximum absolute atomic E-state index is 13.1. The summed E-state index contributed by atoms with van der Waals surface area (Å²) < 4.78 is 40.6. The van der Waals surface area contributed by atoms with Gasteiger partial charge in [0.05, 0.1) is 16.8 Å². The van der Waals surface area contributed by atoms with E-state index in [2.05, 4.69) is 15.5 Å². The molecule has 150 valence electrons. The number of benzene rings is 2. The highest BCUT2D eigenvalue weighted by atomic mass is 19.4. The summed E-state index contributed by atoms with van der Waals surface area (Å²) in [7, 11) is 3.39. The van der Waals surface area contributed by atoms with E-state index in [0.717, 1.165) is 17.7 Å². The monoisotopic (exact) mass is 401 g/mol. The molecule has 0 bridgehead atoms. The van der Waals surface area contributed by atoms with E-state index in [1.165, 1.54) is 23.0 Å². The molecule has 0 atom stereocenters. The van der Waals surface area contributed by atoms with Crippen molar-refractivity contribution in [2.24, 2.45) is 0 Å². The van der Waals surface area contributed by atoms with Crippen molar-refractivity contribution in [1.29, 1.82) is 0 Å². The van der Waals surface area contributed by atoms with Crippen LogP contribution in [0, 0.1) is 6.92 Å². The third-order valence-corrected chi connectivity index (χ3v) is 4.04. The van der Waals surface area contributed by atoms with Gasteiger partial charge >= 0.3 is 6.18 Å². The van der Waals surface area contributed by atoms with Gasteiger partial charge in [-0.05, 0) is 47.2 Å². The van der Waals surface area contributed by atoms with Crippen molar-refractivity contribution in [2.45, 2.75) is 13.1 Å². The van der Waals surface area contributed by atoms with Gasteiger partial charge in [0.1, 0.15) is 0 Å². The molecule has 6 nitrogen and oxygen atoms in total. The van der Waals surface area contributed by atoms with Crippen LogP contribution < -0.4 is 0 Å². The predicted octanol–water partition coefficient (Wildman–Crippen LogP) is 3.77. The Morgan fingerprint density at radius 1 is 1.10 bits per heavy atom. The number of carbonyl (C=O) groups excluding carboxylic acids is 1. The first-order chi connectivity index (χ1) is 13.7. The third kappa shape index (κ3) is 4.50. The average molecular weight is 401 g/mol. The topological polar surface area (TPSA) is 63.9 Å². The Hall–Kier alpha value is -3.49. The molecule has 2 aromatic carbocycles. The molecule has 1 aromatic heterocycles. The minimum atomic E-state index is -4.55. The fourth-order valence-corrected chi connectivity index (χ4v) is 2.76. The first-order valence-corrected chi connectivity index (χ1v) is 8.63. The number of carbonyl (C=O) groups is 1. The largest absolute Gasteiger partial charge is 0.416 e. The van der Waals surface area contributed by atoms with Gasteiger partial charge in [-0.25, -0.2) is 0 Å². The zero-order valence-electron chi connectivity index (χ0n) is 16.0. The van der Waals surface area contributed by atoms with Gasteiger partial charge < -0.3 is 4.90 Å². The van der Waals surface area contributed by atoms with Crippen molar-refractivity contribution >= 4 is 11.4 Å². The fourth-order valence-electron chi connectivity index (χ4n) is 2.76. The number of Topliss-reactive ketones (excluding diaryl/α,β-unsaturated/α-hetero) is 1. The number of aryl methyl sites for hydroxylation is 1. The smallest absolute Gasteiger partial charge is 0.383 e. The van der Waals surface area contributed by atoms with E-state index in [4.69, 9.17) is 0 Å². The van der Waals surface area contributed by atoms with Crippen LogP contribution in [0.4, 0.5) is 13.2 Å². The number of tetrazole rings is 1. The molecule has 0 aliphatic heterocycles. The summed E-state index contributed by atoms with van der Waals surface area (Å²) >= 11 is 0. The van der Waals surface area contributed by atoms with Crippen LogP contribution in [-0.4, -0.2) is 45.0 Å². The molecule has 0 saturated carbocycles. The quantitative estimate of drug-likeness (QED) is 0.481. The molecule has 0 spiro atoms. The van der Waals surface area contributed by atoms with Crippen molar-refractivity contribution in [3.05, 3.63) is 77.2 Å². The molecular weight excluding hydrogens is 383 g/mol. The highest BCUT2D eigenvalue weighted by Crippen LogP contribution is 2.30. The average Bonchev–Trinajstić information content (AvgIpc) is 3.14. The van der Waals surface area contributed by atoms with Crippen LogP contribution in [0.3, 0.4) is 0 Å². The van der Waals surface area contributed by atoms with Gasteiger partial charge in [-0.2, -0.15) is 17.9 Å². The molecule has 0 radical (unpaired) electrons. The van der Waals surface area contributed by atoms with Crippen LogP contribution in [0.5, 0.6) is 0 Å². The minimum absolute atomic E-state index is 0.0702. The second-order valence-electron chi connectivity index (χ2n) is 6.67. The summed E-state index contributed by atoms with van der Waals surface area (Å²) in [6.07, 6.45) is -3.06. The van der Waals surface area contributed by atoms with Crippen molar-refractivity contribution in [1.82, 2.24) is 25.1 Å².